The Morgan fingerprint density at radius 2 is 2.11 bits per heavy atom. The number of carbonyl (C=O) groups excluding carboxylic acids is 1. The maximum atomic E-state index is 13.6. The number of aromatic nitrogens is 2. The highest BCUT2D eigenvalue weighted by Crippen LogP contribution is 2.37. The molecule has 6 heteroatoms. The van der Waals surface area contributed by atoms with Gasteiger partial charge in [0.15, 0.2) is 5.82 Å². The molecule has 0 saturated heterocycles. The Hall–Kier alpha value is -2.60. The number of aryl methyl sites for hydroxylation is 2. The van der Waals surface area contributed by atoms with Crippen molar-refractivity contribution >= 4 is 23.1 Å². The third-order valence-corrected chi connectivity index (χ3v) is 5.85. The maximum absolute atomic E-state index is 13.6. The third kappa shape index (κ3) is 3.37. The van der Waals surface area contributed by atoms with Gasteiger partial charge in [-0.05, 0) is 54.5 Å². The second-order valence-electron chi connectivity index (χ2n) is 6.79. The summed E-state index contributed by atoms with van der Waals surface area (Å²) >= 11 is 1.55. The van der Waals surface area contributed by atoms with Gasteiger partial charge in [-0.25, -0.2) is 14.4 Å². The van der Waals surface area contributed by atoms with E-state index in [9.17, 15) is 9.18 Å². The van der Waals surface area contributed by atoms with Gasteiger partial charge in [-0.15, -0.1) is 11.3 Å². The zero-order chi connectivity index (χ0) is 19.0. The fraction of sp³-hybridized carbons (Fsp3) is 0.286. The van der Waals surface area contributed by atoms with Crippen LogP contribution in [0.15, 0.2) is 35.7 Å². The fourth-order valence-electron chi connectivity index (χ4n) is 3.21. The Morgan fingerprint density at radius 1 is 1.26 bits per heavy atom. The molecule has 1 atom stereocenters. The van der Waals surface area contributed by atoms with E-state index in [1.54, 1.807) is 23.5 Å². The van der Waals surface area contributed by atoms with Gasteiger partial charge < -0.3 is 5.32 Å². The van der Waals surface area contributed by atoms with Gasteiger partial charge in [-0.3, -0.25) is 4.79 Å². The van der Waals surface area contributed by atoms with Crippen LogP contribution >= 0.6 is 11.3 Å². The molecule has 0 aliphatic heterocycles. The molecule has 0 spiro atoms. The van der Waals surface area contributed by atoms with E-state index in [2.05, 4.69) is 5.32 Å². The van der Waals surface area contributed by atoms with Crippen LogP contribution < -0.4 is 5.32 Å². The minimum atomic E-state index is -0.235. The van der Waals surface area contributed by atoms with E-state index in [0.717, 1.165) is 33.8 Å². The predicted molar refractivity (Wildman–Crippen MR) is 106 cm³/mol. The van der Waals surface area contributed by atoms with Gasteiger partial charge in [0.1, 0.15) is 11.5 Å². The minimum Gasteiger partial charge on any atom is -0.309 e. The molecule has 0 saturated carbocycles. The molecule has 1 unspecified atom stereocenters. The number of carbonyl (C=O) groups is 1. The molecule has 2 aromatic heterocycles. The van der Waals surface area contributed by atoms with E-state index < -0.39 is 0 Å². The van der Waals surface area contributed by atoms with Crippen molar-refractivity contribution in [1.29, 1.82) is 0 Å². The number of thiophene rings is 1. The second kappa shape index (κ2) is 7.19. The van der Waals surface area contributed by atoms with Crippen molar-refractivity contribution in [1.82, 2.24) is 9.97 Å². The number of anilines is 1. The fourth-order valence-corrected chi connectivity index (χ4v) is 3.93. The Kier molecular flexibility index (Phi) is 4.74. The molecule has 1 N–H and O–H groups in total. The zero-order valence-corrected chi connectivity index (χ0v) is 16.1. The van der Waals surface area contributed by atoms with E-state index >= 15 is 0 Å². The number of benzene rings is 1. The summed E-state index contributed by atoms with van der Waals surface area (Å²) in [4.78, 5) is 23.0. The molecule has 1 amide bonds. The van der Waals surface area contributed by atoms with Crippen LogP contribution in [-0.4, -0.2) is 15.9 Å². The third-order valence-electron chi connectivity index (χ3n) is 4.98. The number of nitrogens with zero attached hydrogens (tertiary/aromatic N) is 2. The van der Waals surface area contributed by atoms with Crippen molar-refractivity contribution < 1.29 is 9.18 Å². The summed E-state index contributed by atoms with van der Waals surface area (Å²) in [6.07, 6.45) is 2.15. The minimum absolute atomic E-state index is 0.0529. The molecule has 0 bridgehead atoms. The average Bonchev–Trinajstić information content (AvgIpc) is 3.20. The van der Waals surface area contributed by atoms with Crippen LogP contribution in [0.3, 0.4) is 0 Å². The van der Waals surface area contributed by atoms with Gasteiger partial charge in [0, 0.05) is 11.5 Å². The highest BCUT2D eigenvalue weighted by Gasteiger charge is 2.24. The van der Waals surface area contributed by atoms with E-state index in [1.807, 2.05) is 31.4 Å². The van der Waals surface area contributed by atoms with Gasteiger partial charge in [0.2, 0.25) is 5.91 Å². The quantitative estimate of drug-likeness (QED) is 0.684. The normalized spacial score (nSPS) is 13.6. The maximum Gasteiger partial charge on any atom is 0.228 e. The lowest BCUT2D eigenvalue weighted by atomic mass is 9.91. The Bertz CT molecular complexity index is 1000. The topological polar surface area (TPSA) is 54.9 Å². The first-order valence-electron chi connectivity index (χ1n) is 9.11. The molecule has 1 aliphatic carbocycles. The molecular weight excluding hydrogens is 361 g/mol. The van der Waals surface area contributed by atoms with Crippen LogP contribution in [0.5, 0.6) is 0 Å². The van der Waals surface area contributed by atoms with Gasteiger partial charge in [-0.2, -0.15) is 0 Å². The average molecular weight is 381 g/mol. The molecule has 4 nitrogen and oxygen atoms in total. The lowest BCUT2D eigenvalue weighted by Gasteiger charge is -2.21. The standard InChI is InChI=1S/C21H20FN3OS/c1-3-12(2)21(26)25-20-19(17-5-4-10-27-17)24-18-15-8-7-14(22)11-13(15)6-9-16(18)23-20/h4-5,7-8,10-12H,3,6,9H2,1-2H3,(H,23,25,26). The van der Waals surface area contributed by atoms with E-state index in [1.165, 1.54) is 6.07 Å². The molecule has 0 fully saturated rings. The summed E-state index contributed by atoms with van der Waals surface area (Å²) in [7, 11) is 0. The van der Waals surface area contributed by atoms with Crippen LogP contribution in [0.1, 0.15) is 31.5 Å². The van der Waals surface area contributed by atoms with E-state index in [0.29, 0.717) is 24.4 Å². The number of rotatable bonds is 4. The number of hydrogen-bond donors (Lipinski definition) is 1. The molecule has 3 aromatic rings. The Balaban J connectivity index is 1.84. The molecule has 2 heterocycles. The second-order valence-corrected chi connectivity index (χ2v) is 7.74. The number of halogens is 1. The van der Waals surface area contributed by atoms with Gasteiger partial charge >= 0.3 is 0 Å². The van der Waals surface area contributed by atoms with Gasteiger partial charge in [-0.1, -0.05) is 19.9 Å². The first kappa shape index (κ1) is 17.8. The van der Waals surface area contributed by atoms with Crippen LogP contribution in [0.2, 0.25) is 0 Å². The van der Waals surface area contributed by atoms with Crippen molar-refractivity contribution in [2.45, 2.75) is 33.1 Å². The summed E-state index contributed by atoms with van der Waals surface area (Å²) in [6.45, 7) is 3.88. The number of hydrogen-bond acceptors (Lipinski definition) is 4. The van der Waals surface area contributed by atoms with Gasteiger partial charge in [0.25, 0.3) is 0 Å². The molecule has 0 radical (unpaired) electrons. The smallest absolute Gasteiger partial charge is 0.228 e. The monoisotopic (exact) mass is 381 g/mol. The first-order valence-corrected chi connectivity index (χ1v) is 9.99. The van der Waals surface area contributed by atoms with Crippen molar-refractivity contribution in [2.24, 2.45) is 5.92 Å². The summed E-state index contributed by atoms with van der Waals surface area (Å²) in [6, 6.07) is 8.72. The summed E-state index contributed by atoms with van der Waals surface area (Å²) < 4.78 is 13.6. The SMILES string of the molecule is CCC(C)C(=O)Nc1nc2c(nc1-c1cccs1)-c1ccc(F)cc1CC2. The van der Waals surface area contributed by atoms with E-state index in [4.69, 9.17) is 9.97 Å². The number of nitrogens with one attached hydrogen (secondary N) is 1. The largest absolute Gasteiger partial charge is 0.309 e. The number of fused-ring (bicyclic) bond motifs is 3. The molecule has 1 aliphatic rings. The Morgan fingerprint density at radius 3 is 2.85 bits per heavy atom. The molecule has 138 valence electrons. The van der Waals surface area contributed by atoms with Crippen LogP contribution in [0.4, 0.5) is 10.2 Å². The van der Waals surface area contributed by atoms with Crippen molar-refractivity contribution in [3.05, 3.63) is 52.8 Å². The highest BCUT2D eigenvalue weighted by molar-refractivity contribution is 7.13. The summed E-state index contributed by atoms with van der Waals surface area (Å²) in [5, 5.41) is 4.94. The summed E-state index contributed by atoms with van der Waals surface area (Å²) in [5.74, 6) is 0.124. The summed E-state index contributed by atoms with van der Waals surface area (Å²) in [5.41, 5.74) is 4.15. The molecule has 1 aromatic carbocycles. The van der Waals surface area contributed by atoms with Crippen molar-refractivity contribution in [3.63, 3.8) is 0 Å². The van der Waals surface area contributed by atoms with E-state index in [-0.39, 0.29) is 17.6 Å². The first-order chi connectivity index (χ1) is 13.1. The predicted octanol–water partition coefficient (Wildman–Crippen LogP) is 5.09. The van der Waals surface area contributed by atoms with Crippen LogP contribution in [0.25, 0.3) is 21.8 Å². The van der Waals surface area contributed by atoms with Crippen LogP contribution in [0, 0.1) is 11.7 Å². The zero-order valence-electron chi connectivity index (χ0n) is 15.3. The Labute approximate surface area is 161 Å². The highest BCUT2D eigenvalue weighted by atomic mass is 32.1. The molecular formula is C21H20FN3OS. The lowest BCUT2D eigenvalue weighted by Crippen LogP contribution is -2.22. The van der Waals surface area contributed by atoms with Gasteiger partial charge in [0.05, 0.1) is 16.3 Å². The number of amides is 1. The van der Waals surface area contributed by atoms with Crippen molar-refractivity contribution in [3.8, 4) is 21.8 Å². The molecule has 27 heavy (non-hydrogen) atoms. The molecule has 4 rings (SSSR count). The lowest BCUT2D eigenvalue weighted by molar-refractivity contribution is -0.119. The van der Waals surface area contributed by atoms with Crippen molar-refractivity contribution in [2.75, 3.05) is 5.32 Å². The van der Waals surface area contributed by atoms with Crippen LogP contribution in [-0.2, 0) is 17.6 Å².